The molecule has 0 aliphatic carbocycles. The van der Waals surface area contributed by atoms with Gasteiger partial charge in [0.05, 0.1) is 0 Å². The van der Waals surface area contributed by atoms with Crippen LogP contribution in [0.3, 0.4) is 0 Å². The monoisotopic (exact) mass is 404 g/mol. The van der Waals surface area contributed by atoms with Crippen LogP contribution in [0, 0.1) is 0 Å². The average molecular weight is 405 g/mol. The normalized spacial score (nSPS) is 16.6. The summed E-state index contributed by atoms with van der Waals surface area (Å²) in [4.78, 5) is 31.0. The van der Waals surface area contributed by atoms with Gasteiger partial charge in [-0.2, -0.15) is 0 Å². The number of benzene rings is 1. The number of nitrogens with zero attached hydrogens (tertiary/aromatic N) is 3. The number of carbonyl (C=O) groups excluding carboxylic acids is 2. The lowest BCUT2D eigenvalue weighted by Crippen LogP contribution is -2.51. The van der Waals surface area contributed by atoms with Gasteiger partial charge in [-0.05, 0) is 39.9 Å². The molecule has 2 rings (SSSR count). The summed E-state index contributed by atoms with van der Waals surface area (Å²) in [6.07, 6.45) is -0.251. The van der Waals surface area contributed by atoms with Gasteiger partial charge in [0.25, 0.3) is 0 Å². The van der Waals surface area contributed by atoms with Crippen molar-refractivity contribution in [3.05, 3.63) is 35.9 Å². The van der Waals surface area contributed by atoms with Gasteiger partial charge >= 0.3 is 6.09 Å². The van der Waals surface area contributed by atoms with Crippen LogP contribution in [-0.2, 0) is 9.53 Å². The number of amides is 2. The third kappa shape index (κ3) is 7.33. The van der Waals surface area contributed by atoms with E-state index in [1.54, 1.807) is 4.90 Å². The minimum absolute atomic E-state index is 0.0212. The van der Waals surface area contributed by atoms with Crippen LogP contribution in [0.25, 0.3) is 0 Å². The van der Waals surface area contributed by atoms with Gasteiger partial charge in [-0.15, -0.1) is 0 Å². The van der Waals surface area contributed by atoms with Crippen molar-refractivity contribution in [3.63, 3.8) is 0 Å². The molecule has 162 valence electrons. The van der Waals surface area contributed by atoms with E-state index >= 15 is 0 Å². The van der Waals surface area contributed by atoms with Crippen molar-refractivity contribution in [2.75, 3.05) is 52.9 Å². The highest BCUT2D eigenvalue weighted by molar-refractivity contribution is 5.83. The molecule has 1 unspecified atom stereocenters. The first-order chi connectivity index (χ1) is 13.7. The van der Waals surface area contributed by atoms with E-state index in [0.717, 1.165) is 31.7 Å². The first-order valence-corrected chi connectivity index (χ1v) is 10.4. The lowest BCUT2D eigenvalue weighted by Gasteiger charge is -2.35. The molecule has 1 atom stereocenters. The average Bonchev–Trinajstić information content (AvgIpc) is 2.68. The van der Waals surface area contributed by atoms with Crippen molar-refractivity contribution in [2.24, 2.45) is 0 Å². The molecular weight excluding hydrogens is 368 g/mol. The molecule has 0 spiro atoms. The van der Waals surface area contributed by atoms with Gasteiger partial charge < -0.3 is 15.0 Å². The standard InChI is InChI=1S/C22H36N4O3/c1-6-24(5)19(18-10-8-7-9-11-18)20(27)23-12-13-25-14-16-26(17-15-25)21(28)29-22(2,3)4/h7-11,19H,6,12-17H2,1-5H3,(H,23,27). The Kier molecular flexibility index (Phi) is 8.46. The Morgan fingerprint density at radius 1 is 1.14 bits per heavy atom. The molecule has 1 aliphatic heterocycles. The van der Waals surface area contributed by atoms with E-state index in [0.29, 0.717) is 19.6 Å². The maximum atomic E-state index is 12.8. The van der Waals surface area contributed by atoms with Crippen LogP contribution >= 0.6 is 0 Å². The molecule has 0 bridgehead atoms. The second-order valence-electron chi connectivity index (χ2n) is 8.49. The fourth-order valence-electron chi connectivity index (χ4n) is 3.34. The van der Waals surface area contributed by atoms with E-state index in [9.17, 15) is 9.59 Å². The van der Waals surface area contributed by atoms with Gasteiger partial charge in [0.1, 0.15) is 11.6 Å². The number of hydrogen-bond donors (Lipinski definition) is 1. The van der Waals surface area contributed by atoms with Crippen LogP contribution in [0.15, 0.2) is 30.3 Å². The quantitative estimate of drug-likeness (QED) is 0.756. The van der Waals surface area contributed by atoms with Crippen molar-refractivity contribution in [1.29, 1.82) is 0 Å². The molecular formula is C22H36N4O3. The molecule has 1 N–H and O–H groups in total. The van der Waals surface area contributed by atoms with Crippen molar-refractivity contribution >= 4 is 12.0 Å². The predicted molar refractivity (Wildman–Crippen MR) is 115 cm³/mol. The molecule has 0 radical (unpaired) electrons. The first kappa shape index (κ1) is 23.2. The molecule has 29 heavy (non-hydrogen) atoms. The molecule has 2 amide bonds. The molecule has 7 heteroatoms. The summed E-state index contributed by atoms with van der Waals surface area (Å²) in [6, 6.07) is 9.58. The van der Waals surface area contributed by atoms with Crippen LogP contribution in [-0.4, -0.2) is 85.2 Å². The minimum atomic E-state index is -0.473. The maximum Gasteiger partial charge on any atom is 0.410 e. The van der Waals surface area contributed by atoms with Crippen LogP contribution in [0.2, 0.25) is 0 Å². The van der Waals surface area contributed by atoms with Gasteiger partial charge in [0.15, 0.2) is 0 Å². The van der Waals surface area contributed by atoms with Crippen molar-refractivity contribution < 1.29 is 14.3 Å². The van der Waals surface area contributed by atoms with Gasteiger partial charge in [-0.1, -0.05) is 37.3 Å². The van der Waals surface area contributed by atoms with Crippen molar-refractivity contribution in [3.8, 4) is 0 Å². The van der Waals surface area contributed by atoms with E-state index < -0.39 is 5.60 Å². The molecule has 1 aromatic carbocycles. The Morgan fingerprint density at radius 2 is 1.76 bits per heavy atom. The Hall–Kier alpha value is -2.12. The van der Waals surface area contributed by atoms with Crippen LogP contribution in [0.1, 0.15) is 39.3 Å². The van der Waals surface area contributed by atoms with E-state index in [2.05, 4.69) is 10.2 Å². The maximum absolute atomic E-state index is 12.8. The lowest BCUT2D eigenvalue weighted by atomic mass is 10.0. The van der Waals surface area contributed by atoms with Gasteiger partial charge in [0, 0.05) is 39.3 Å². The Balaban J connectivity index is 1.78. The predicted octanol–water partition coefficient (Wildman–Crippen LogP) is 2.35. The molecule has 1 fully saturated rings. The van der Waals surface area contributed by atoms with Crippen LogP contribution in [0.5, 0.6) is 0 Å². The molecule has 7 nitrogen and oxygen atoms in total. The Bertz CT molecular complexity index is 652. The largest absolute Gasteiger partial charge is 0.444 e. The molecule has 0 aromatic heterocycles. The molecule has 1 aliphatic rings. The highest BCUT2D eigenvalue weighted by Crippen LogP contribution is 2.19. The number of piperazine rings is 1. The Morgan fingerprint density at radius 3 is 2.31 bits per heavy atom. The number of nitrogens with one attached hydrogen (secondary N) is 1. The number of ether oxygens (including phenoxy) is 1. The summed E-state index contributed by atoms with van der Waals surface area (Å²) in [5, 5.41) is 3.08. The highest BCUT2D eigenvalue weighted by atomic mass is 16.6. The van der Waals surface area contributed by atoms with Gasteiger partial charge in [-0.25, -0.2) is 4.79 Å². The second-order valence-corrected chi connectivity index (χ2v) is 8.49. The number of hydrogen-bond acceptors (Lipinski definition) is 5. The summed E-state index contributed by atoms with van der Waals surface area (Å²) in [5.41, 5.74) is 0.528. The lowest BCUT2D eigenvalue weighted by molar-refractivity contribution is -0.126. The van der Waals surface area contributed by atoms with Crippen LogP contribution in [0.4, 0.5) is 4.79 Å². The van der Waals surface area contributed by atoms with E-state index in [4.69, 9.17) is 4.74 Å². The summed E-state index contributed by atoms with van der Waals surface area (Å²) >= 11 is 0. The van der Waals surface area contributed by atoms with E-state index in [1.165, 1.54) is 0 Å². The zero-order chi connectivity index (χ0) is 21.4. The molecule has 1 aromatic rings. The molecule has 0 saturated carbocycles. The third-order valence-corrected chi connectivity index (χ3v) is 5.05. The highest BCUT2D eigenvalue weighted by Gasteiger charge is 2.27. The summed E-state index contributed by atoms with van der Waals surface area (Å²) in [5.74, 6) is 0.0212. The van der Waals surface area contributed by atoms with Crippen molar-refractivity contribution in [2.45, 2.75) is 39.3 Å². The van der Waals surface area contributed by atoms with Crippen LogP contribution < -0.4 is 5.32 Å². The van der Waals surface area contributed by atoms with Gasteiger partial charge in [0.2, 0.25) is 5.91 Å². The Labute approximate surface area is 175 Å². The topological polar surface area (TPSA) is 65.1 Å². The minimum Gasteiger partial charge on any atom is -0.444 e. The van der Waals surface area contributed by atoms with E-state index in [1.807, 2.05) is 70.0 Å². The first-order valence-electron chi connectivity index (χ1n) is 10.4. The van der Waals surface area contributed by atoms with Crippen molar-refractivity contribution in [1.82, 2.24) is 20.0 Å². The smallest absolute Gasteiger partial charge is 0.410 e. The number of rotatable bonds is 7. The SMILES string of the molecule is CCN(C)C(C(=O)NCCN1CCN(C(=O)OC(C)(C)C)CC1)c1ccccc1. The zero-order valence-electron chi connectivity index (χ0n) is 18.5. The molecule has 1 heterocycles. The van der Waals surface area contributed by atoms with Gasteiger partial charge in [-0.3, -0.25) is 14.6 Å². The number of carbonyl (C=O) groups is 2. The zero-order valence-corrected chi connectivity index (χ0v) is 18.5. The molecule has 1 saturated heterocycles. The number of likely N-dealkylation sites (N-methyl/N-ethyl adjacent to an activating group) is 1. The second kappa shape index (κ2) is 10.6. The summed E-state index contributed by atoms with van der Waals surface area (Å²) in [7, 11) is 1.97. The fraction of sp³-hybridized carbons (Fsp3) is 0.636. The fourth-order valence-corrected chi connectivity index (χ4v) is 3.34. The van der Waals surface area contributed by atoms with E-state index in [-0.39, 0.29) is 18.0 Å². The summed E-state index contributed by atoms with van der Waals surface area (Å²) in [6.45, 7) is 12.7. The summed E-state index contributed by atoms with van der Waals surface area (Å²) < 4.78 is 5.43. The third-order valence-electron chi connectivity index (χ3n) is 5.05.